The topological polar surface area (TPSA) is 38.3 Å². The van der Waals surface area contributed by atoms with Gasteiger partial charge in [0.1, 0.15) is 6.04 Å². The van der Waals surface area contributed by atoms with Gasteiger partial charge in [0.25, 0.3) is 0 Å². The molecule has 5 heteroatoms. The fourth-order valence-corrected chi connectivity index (χ4v) is 2.30. The summed E-state index contributed by atoms with van der Waals surface area (Å²) in [4.78, 5) is 11.8. The number of nitrogens with one attached hydrogen (secondary N) is 1. The lowest BCUT2D eigenvalue weighted by Crippen LogP contribution is -2.31. The zero-order valence-corrected chi connectivity index (χ0v) is 13.7. The number of carbonyl (C=O) groups is 1. The molecular formula is C13H17Br2NO2. The molecule has 0 spiro atoms. The van der Waals surface area contributed by atoms with Crippen LogP contribution >= 0.6 is 31.9 Å². The van der Waals surface area contributed by atoms with Crippen molar-refractivity contribution in [2.45, 2.75) is 32.7 Å². The maximum atomic E-state index is 11.8. The zero-order valence-electron chi connectivity index (χ0n) is 10.5. The van der Waals surface area contributed by atoms with Crippen molar-refractivity contribution in [2.24, 2.45) is 0 Å². The zero-order chi connectivity index (χ0) is 13.5. The maximum Gasteiger partial charge on any atom is 0.328 e. The third-order valence-corrected chi connectivity index (χ3v) is 3.59. The van der Waals surface area contributed by atoms with Crippen LogP contribution in [0.4, 0.5) is 5.69 Å². The van der Waals surface area contributed by atoms with E-state index in [1.54, 1.807) is 0 Å². The first-order valence-electron chi connectivity index (χ1n) is 5.96. The number of anilines is 1. The van der Waals surface area contributed by atoms with Crippen molar-refractivity contribution in [1.29, 1.82) is 0 Å². The van der Waals surface area contributed by atoms with Gasteiger partial charge in [-0.1, -0.05) is 29.3 Å². The van der Waals surface area contributed by atoms with E-state index in [1.165, 1.54) is 0 Å². The summed E-state index contributed by atoms with van der Waals surface area (Å²) in [5, 5.41) is 3.22. The molecular weight excluding hydrogens is 362 g/mol. The Morgan fingerprint density at radius 3 is 2.72 bits per heavy atom. The third kappa shape index (κ3) is 4.61. The molecule has 0 heterocycles. The number of hydrogen-bond acceptors (Lipinski definition) is 3. The van der Waals surface area contributed by atoms with Gasteiger partial charge < -0.3 is 10.1 Å². The lowest BCUT2D eigenvalue weighted by Gasteiger charge is -2.18. The molecule has 1 N–H and O–H groups in total. The Morgan fingerprint density at radius 2 is 2.11 bits per heavy atom. The summed E-state index contributed by atoms with van der Waals surface area (Å²) in [6, 6.07) is 5.50. The number of rotatable bonds is 6. The monoisotopic (exact) mass is 377 g/mol. The number of benzene rings is 1. The molecule has 0 radical (unpaired) electrons. The first-order chi connectivity index (χ1) is 8.58. The minimum Gasteiger partial charge on any atom is -0.464 e. The smallest absolute Gasteiger partial charge is 0.328 e. The van der Waals surface area contributed by atoms with Crippen LogP contribution in [-0.4, -0.2) is 18.6 Å². The molecule has 0 saturated heterocycles. The molecule has 0 bridgehead atoms. The van der Waals surface area contributed by atoms with Crippen LogP contribution in [0.15, 0.2) is 27.1 Å². The van der Waals surface area contributed by atoms with Crippen LogP contribution in [0.5, 0.6) is 0 Å². The third-order valence-electron chi connectivity index (χ3n) is 2.41. The Labute approximate surface area is 125 Å². The van der Waals surface area contributed by atoms with Crippen molar-refractivity contribution in [1.82, 2.24) is 0 Å². The molecule has 3 nitrogen and oxygen atoms in total. The van der Waals surface area contributed by atoms with Crippen LogP contribution in [0, 0.1) is 0 Å². The van der Waals surface area contributed by atoms with Crippen molar-refractivity contribution in [3.63, 3.8) is 0 Å². The average Bonchev–Trinajstić information content (AvgIpc) is 2.33. The molecule has 18 heavy (non-hydrogen) atoms. The van der Waals surface area contributed by atoms with Crippen molar-refractivity contribution < 1.29 is 9.53 Å². The first kappa shape index (κ1) is 15.5. The predicted molar refractivity (Wildman–Crippen MR) is 80.8 cm³/mol. The van der Waals surface area contributed by atoms with E-state index in [0.717, 1.165) is 27.5 Å². The second-order valence-electron chi connectivity index (χ2n) is 3.86. The van der Waals surface area contributed by atoms with Crippen LogP contribution in [0.25, 0.3) is 0 Å². The summed E-state index contributed by atoms with van der Waals surface area (Å²) in [5.74, 6) is -0.203. The molecule has 0 amide bonds. The van der Waals surface area contributed by atoms with Crippen LogP contribution in [0.1, 0.15) is 26.7 Å². The standard InChI is InChI=1S/C13H17Br2NO2/c1-3-5-11(13(17)18-4-2)16-12-8-9(14)6-7-10(12)15/h6-8,11,16H,3-5H2,1-2H3. The Balaban J connectivity index is 2.82. The summed E-state index contributed by atoms with van der Waals surface area (Å²) >= 11 is 6.88. The fraction of sp³-hybridized carbons (Fsp3) is 0.462. The second-order valence-corrected chi connectivity index (χ2v) is 5.63. The summed E-state index contributed by atoms with van der Waals surface area (Å²) in [6.07, 6.45) is 1.67. The van der Waals surface area contributed by atoms with Crippen LogP contribution in [0.3, 0.4) is 0 Å². The molecule has 1 atom stereocenters. The molecule has 1 rings (SSSR count). The Morgan fingerprint density at radius 1 is 1.39 bits per heavy atom. The van der Waals surface area contributed by atoms with E-state index in [2.05, 4.69) is 37.2 Å². The van der Waals surface area contributed by atoms with Gasteiger partial charge in [0.05, 0.1) is 12.3 Å². The Bertz CT molecular complexity index is 410. The van der Waals surface area contributed by atoms with E-state index in [1.807, 2.05) is 32.0 Å². The summed E-state index contributed by atoms with van der Waals surface area (Å²) in [7, 11) is 0. The SMILES string of the molecule is CCCC(Nc1cc(Br)ccc1Br)C(=O)OCC. The molecule has 0 aliphatic carbocycles. The van der Waals surface area contributed by atoms with Crippen LogP contribution in [0.2, 0.25) is 0 Å². The van der Waals surface area contributed by atoms with E-state index in [0.29, 0.717) is 6.61 Å². The quantitative estimate of drug-likeness (QED) is 0.747. The van der Waals surface area contributed by atoms with E-state index in [4.69, 9.17) is 4.74 Å². The van der Waals surface area contributed by atoms with Crippen LogP contribution in [-0.2, 0) is 9.53 Å². The van der Waals surface area contributed by atoms with Gasteiger partial charge >= 0.3 is 5.97 Å². The minimum absolute atomic E-state index is 0.203. The summed E-state index contributed by atoms with van der Waals surface area (Å²) in [6.45, 7) is 4.26. The van der Waals surface area contributed by atoms with Crippen molar-refractivity contribution >= 4 is 43.5 Å². The Hall–Kier alpha value is -0.550. The molecule has 100 valence electrons. The van der Waals surface area contributed by atoms with Crippen molar-refractivity contribution in [3.05, 3.63) is 27.1 Å². The largest absolute Gasteiger partial charge is 0.464 e. The van der Waals surface area contributed by atoms with E-state index in [9.17, 15) is 4.79 Å². The van der Waals surface area contributed by atoms with Crippen molar-refractivity contribution in [3.8, 4) is 0 Å². The van der Waals surface area contributed by atoms with Gasteiger partial charge in [-0.3, -0.25) is 0 Å². The predicted octanol–water partition coefficient (Wildman–Crippen LogP) is 4.36. The highest BCUT2D eigenvalue weighted by Crippen LogP contribution is 2.27. The summed E-state index contributed by atoms with van der Waals surface area (Å²) < 4.78 is 6.96. The van der Waals surface area contributed by atoms with Gasteiger partial charge in [-0.15, -0.1) is 0 Å². The van der Waals surface area contributed by atoms with Gasteiger partial charge in [-0.2, -0.15) is 0 Å². The van der Waals surface area contributed by atoms with E-state index < -0.39 is 0 Å². The highest BCUT2D eigenvalue weighted by Gasteiger charge is 2.19. The highest BCUT2D eigenvalue weighted by molar-refractivity contribution is 9.11. The maximum absolute atomic E-state index is 11.8. The molecule has 0 aliphatic heterocycles. The number of hydrogen-bond donors (Lipinski definition) is 1. The van der Waals surface area contributed by atoms with E-state index in [-0.39, 0.29) is 12.0 Å². The molecule has 0 aromatic heterocycles. The van der Waals surface area contributed by atoms with Crippen LogP contribution < -0.4 is 5.32 Å². The molecule has 0 aliphatic rings. The minimum atomic E-state index is -0.305. The van der Waals surface area contributed by atoms with Gasteiger partial charge in [-0.05, 0) is 47.5 Å². The van der Waals surface area contributed by atoms with Gasteiger partial charge in [0.2, 0.25) is 0 Å². The van der Waals surface area contributed by atoms with Gasteiger partial charge in [0, 0.05) is 8.95 Å². The number of ether oxygens (including phenoxy) is 1. The van der Waals surface area contributed by atoms with E-state index >= 15 is 0 Å². The molecule has 0 saturated carbocycles. The van der Waals surface area contributed by atoms with Crippen molar-refractivity contribution in [2.75, 3.05) is 11.9 Å². The normalized spacial score (nSPS) is 12.0. The number of halogens is 2. The average molecular weight is 379 g/mol. The molecule has 0 fully saturated rings. The Kier molecular flexibility index (Phi) is 6.71. The van der Waals surface area contributed by atoms with Gasteiger partial charge in [0.15, 0.2) is 0 Å². The fourth-order valence-electron chi connectivity index (χ4n) is 1.58. The molecule has 1 unspecified atom stereocenters. The lowest BCUT2D eigenvalue weighted by atomic mass is 10.1. The number of esters is 1. The molecule has 1 aromatic rings. The number of carbonyl (C=O) groups excluding carboxylic acids is 1. The highest BCUT2D eigenvalue weighted by atomic mass is 79.9. The first-order valence-corrected chi connectivity index (χ1v) is 7.55. The lowest BCUT2D eigenvalue weighted by molar-refractivity contribution is -0.144. The van der Waals surface area contributed by atoms with Gasteiger partial charge in [-0.25, -0.2) is 4.79 Å². The molecule has 1 aromatic carbocycles. The second kappa shape index (κ2) is 7.79. The summed E-state index contributed by atoms with van der Waals surface area (Å²) in [5.41, 5.74) is 0.885.